The molecule has 6 rings (SSSR count). The number of nitrogens with zero attached hydrogens (tertiary/aromatic N) is 5. The predicted molar refractivity (Wildman–Crippen MR) is 160 cm³/mol. The monoisotopic (exact) mass is 598 g/mol. The average Bonchev–Trinajstić information content (AvgIpc) is 2.96. The molecule has 0 atom stereocenters. The fourth-order valence-electron chi connectivity index (χ4n) is 5.77. The van der Waals surface area contributed by atoms with Crippen LogP contribution in [0.4, 0.5) is 15.8 Å². The first-order valence-electron chi connectivity index (χ1n) is 14.4. The minimum Gasteiger partial charge on any atom is -0.492 e. The second-order valence-corrected chi connectivity index (χ2v) is 12.3. The summed E-state index contributed by atoms with van der Waals surface area (Å²) < 4.78 is 26.2. The Morgan fingerprint density at radius 2 is 1.86 bits per heavy atom. The largest absolute Gasteiger partial charge is 0.492 e. The van der Waals surface area contributed by atoms with Crippen LogP contribution in [0.3, 0.4) is 0 Å². The molecule has 224 valence electrons. The van der Waals surface area contributed by atoms with Crippen LogP contribution >= 0.6 is 11.8 Å². The number of hydrogen-bond donors (Lipinski definition) is 1. The molecule has 13 heteroatoms. The van der Waals surface area contributed by atoms with Gasteiger partial charge in [-0.05, 0) is 25.0 Å². The molecule has 0 radical (unpaired) electrons. The van der Waals surface area contributed by atoms with Crippen LogP contribution in [-0.4, -0.2) is 102 Å². The SMILES string of the molecule is O=c1[nH]c(CSC2CCOCC2)nc2cc(OCCN3CCN(C4CN(c5ccc([N+](=O)[O-])cc5)C4)CC3)cc(F)c12. The van der Waals surface area contributed by atoms with E-state index >= 15 is 0 Å². The smallest absolute Gasteiger partial charge is 0.269 e. The van der Waals surface area contributed by atoms with E-state index in [0.717, 1.165) is 77.6 Å². The molecule has 3 saturated heterocycles. The molecule has 0 spiro atoms. The summed E-state index contributed by atoms with van der Waals surface area (Å²) in [5.41, 5.74) is 0.973. The highest BCUT2D eigenvalue weighted by Gasteiger charge is 2.33. The van der Waals surface area contributed by atoms with Gasteiger partial charge in [0.1, 0.15) is 29.4 Å². The van der Waals surface area contributed by atoms with E-state index in [1.54, 1.807) is 30.0 Å². The third kappa shape index (κ3) is 6.69. The number of non-ortho nitro benzene ring substituents is 1. The fourth-order valence-corrected chi connectivity index (χ4v) is 6.82. The van der Waals surface area contributed by atoms with Gasteiger partial charge in [-0.1, -0.05) is 0 Å². The Balaban J connectivity index is 0.957. The maximum Gasteiger partial charge on any atom is 0.269 e. The molecule has 0 saturated carbocycles. The second kappa shape index (κ2) is 12.9. The number of anilines is 1. The third-order valence-corrected chi connectivity index (χ3v) is 9.68. The summed E-state index contributed by atoms with van der Waals surface area (Å²) in [6, 6.07) is 10.1. The fraction of sp³-hybridized carbons (Fsp3) is 0.517. The molecular formula is C29H35FN6O5S. The van der Waals surface area contributed by atoms with Crippen molar-refractivity contribution in [1.82, 2.24) is 19.8 Å². The highest BCUT2D eigenvalue weighted by atomic mass is 32.2. The molecule has 2 aromatic carbocycles. The molecule has 42 heavy (non-hydrogen) atoms. The molecule has 3 fully saturated rings. The summed E-state index contributed by atoms with van der Waals surface area (Å²) in [6.45, 7) is 8.26. The van der Waals surface area contributed by atoms with Crippen molar-refractivity contribution in [2.75, 3.05) is 70.5 Å². The van der Waals surface area contributed by atoms with Crippen LogP contribution in [0.5, 0.6) is 5.75 Å². The zero-order chi connectivity index (χ0) is 29.1. The van der Waals surface area contributed by atoms with Crippen molar-refractivity contribution in [2.24, 2.45) is 0 Å². The number of ether oxygens (including phenoxy) is 2. The van der Waals surface area contributed by atoms with Gasteiger partial charge < -0.3 is 19.4 Å². The molecule has 1 N–H and O–H groups in total. The molecule has 0 bridgehead atoms. The normalized spacial score (nSPS) is 19.2. The van der Waals surface area contributed by atoms with E-state index in [4.69, 9.17) is 9.47 Å². The van der Waals surface area contributed by atoms with Crippen LogP contribution in [0.2, 0.25) is 0 Å². The van der Waals surface area contributed by atoms with Gasteiger partial charge in [0, 0.05) is 100 Å². The Kier molecular flexibility index (Phi) is 8.89. The Labute approximate surface area is 247 Å². The zero-order valence-electron chi connectivity index (χ0n) is 23.4. The van der Waals surface area contributed by atoms with Gasteiger partial charge >= 0.3 is 0 Å². The average molecular weight is 599 g/mol. The minimum absolute atomic E-state index is 0.0403. The van der Waals surface area contributed by atoms with E-state index in [0.29, 0.717) is 40.7 Å². The van der Waals surface area contributed by atoms with Gasteiger partial charge in [0.05, 0.1) is 16.2 Å². The van der Waals surface area contributed by atoms with E-state index in [1.165, 1.54) is 6.07 Å². The van der Waals surface area contributed by atoms with E-state index in [1.807, 2.05) is 12.1 Å². The number of fused-ring (bicyclic) bond motifs is 1. The molecule has 0 unspecified atom stereocenters. The molecule has 3 aliphatic rings. The predicted octanol–water partition coefficient (Wildman–Crippen LogP) is 3.27. The van der Waals surface area contributed by atoms with Crippen molar-refractivity contribution < 1.29 is 18.8 Å². The lowest BCUT2D eigenvalue weighted by Crippen LogP contribution is -2.63. The number of aromatic amines is 1. The van der Waals surface area contributed by atoms with Gasteiger partial charge in [-0.3, -0.25) is 24.7 Å². The van der Waals surface area contributed by atoms with Crippen LogP contribution in [0.1, 0.15) is 18.7 Å². The van der Waals surface area contributed by atoms with Crippen molar-refractivity contribution >= 4 is 34.0 Å². The van der Waals surface area contributed by atoms with Crippen molar-refractivity contribution in [3.8, 4) is 5.75 Å². The lowest BCUT2D eigenvalue weighted by molar-refractivity contribution is -0.384. The van der Waals surface area contributed by atoms with Crippen LogP contribution in [0, 0.1) is 15.9 Å². The maximum atomic E-state index is 14.8. The van der Waals surface area contributed by atoms with Crippen LogP contribution < -0.4 is 15.2 Å². The van der Waals surface area contributed by atoms with Crippen molar-refractivity contribution in [1.29, 1.82) is 0 Å². The number of rotatable bonds is 10. The van der Waals surface area contributed by atoms with Crippen molar-refractivity contribution in [3.05, 3.63) is 68.5 Å². The molecule has 1 aromatic heterocycles. The van der Waals surface area contributed by atoms with Crippen molar-refractivity contribution in [3.63, 3.8) is 0 Å². The summed E-state index contributed by atoms with van der Waals surface area (Å²) in [4.78, 5) is 37.4. The minimum atomic E-state index is -0.628. The summed E-state index contributed by atoms with van der Waals surface area (Å²) in [7, 11) is 0. The van der Waals surface area contributed by atoms with Gasteiger partial charge in [-0.2, -0.15) is 11.8 Å². The molecule has 0 amide bonds. The number of hydrogen-bond acceptors (Lipinski definition) is 10. The van der Waals surface area contributed by atoms with E-state index in [2.05, 4.69) is 24.7 Å². The van der Waals surface area contributed by atoms with E-state index in [9.17, 15) is 19.3 Å². The number of benzene rings is 2. The lowest BCUT2D eigenvalue weighted by Gasteiger charge is -2.49. The topological polar surface area (TPSA) is 117 Å². The molecule has 4 heterocycles. The standard InChI is InChI=1S/C29H35FN6O5S/c30-25-15-23(16-26-28(25)29(37)32-27(31-26)19-42-24-5-12-40-13-6-24)41-14-11-33-7-9-34(10-8-33)22-17-35(18-22)20-1-3-21(4-2-20)36(38)39/h1-4,15-16,22,24H,5-14,17-19H2,(H,31,32,37). The van der Waals surface area contributed by atoms with E-state index < -0.39 is 11.4 Å². The number of halogens is 1. The Morgan fingerprint density at radius 1 is 1.12 bits per heavy atom. The van der Waals surface area contributed by atoms with Crippen LogP contribution in [0.15, 0.2) is 41.2 Å². The summed E-state index contributed by atoms with van der Waals surface area (Å²) in [5.74, 6) is 0.850. The number of nitro benzene ring substituents is 1. The summed E-state index contributed by atoms with van der Waals surface area (Å²) in [5, 5.41) is 11.3. The second-order valence-electron chi connectivity index (χ2n) is 11.0. The highest BCUT2D eigenvalue weighted by Crippen LogP contribution is 2.28. The van der Waals surface area contributed by atoms with Gasteiger partial charge in [0.15, 0.2) is 0 Å². The van der Waals surface area contributed by atoms with Crippen molar-refractivity contribution in [2.45, 2.75) is 29.9 Å². The lowest BCUT2D eigenvalue weighted by atomic mass is 10.0. The maximum absolute atomic E-state index is 14.8. The molecule has 0 aliphatic carbocycles. The third-order valence-electron chi connectivity index (χ3n) is 8.29. The quantitative estimate of drug-likeness (QED) is 0.275. The highest BCUT2D eigenvalue weighted by molar-refractivity contribution is 7.99. The number of piperazine rings is 1. The van der Waals surface area contributed by atoms with Gasteiger partial charge in [-0.15, -0.1) is 0 Å². The summed E-state index contributed by atoms with van der Waals surface area (Å²) in [6.07, 6.45) is 1.96. The van der Waals surface area contributed by atoms with Gasteiger partial charge in [0.2, 0.25) is 0 Å². The number of nitrogens with one attached hydrogen (secondary N) is 1. The first-order valence-corrected chi connectivity index (χ1v) is 15.5. The molecule has 11 nitrogen and oxygen atoms in total. The number of aromatic nitrogens is 2. The summed E-state index contributed by atoms with van der Waals surface area (Å²) >= 11 is 1.74. The first-order chi connectivity index (χ1) is 20.4. The molecule has 3 aromatic rings. The van der Waals surface area contributed by atoms with Crippen LogP contribution in [0.25, 0.3) is 10.9 Å². The van der Waals surface area contributed by atoms with Crippen LogP contribution in [-0.2, 0) is 10.5 Å². The first kappa shape index (κ1) is 28.8. The number of H-pyrrole nitrogens is 1. The Hall–Kier alpha value is -3.26. The number of nitro groups is 1. The molecule has 3 aliphatic heterocycles. The van der Waals surface area contributed by atoms with Gasteiger partial charge in [-0.25, -0.2) is 9.37 Å². The van der Waals surface area contributed by atoms with E-state index in [-0.39, 0.29) is 16.0 Å². The molecular weight excluding hydrogens is 563 g/mol. The Bertz CT molecular complexity index is 1450. The number of thioether (sulfide) groups is 1. The van der Waals surface area contributed by atoms with Gasteiger partial charge in [0.25, 0.3) is 11.2 Å². The zero-order valence-corrected chi connectivity index (χ0v) is 24.2. The Morgan fingerprint density at radius 3 is 2.57 bits per heavy atom.